The van der Waals surface area contributed by atoms with Crippen LogP contribution in [-0.2, 0) is 10.2 Å². The van der Waals surface area contributed by atoms with Crippen LogP contribution in [-0.4, -0.2) is 26.2 Å². The van der Waals surface area contributed by atoms with Crippen LogP contribution in [0, 0.1) is 6.92 Å². The molecule has 3 nitrogen and oxygen atoms in total. The minimum Gasteiger partial charge on any atom is -0.385 e. The molecule has 0 aliphatic heterocycles. The van der Waals surface area contributed by atoms with E-state index in [1.165, 1.54) is 5.56 Å². The van der Waals surface area contributed by atoms with E-state index in [4.69, 9.17) is 4.74 Å². The van der Waals surface area contributed by atoms with Gasteiger partial charge in [0.25, 0.3) is 5.91 Å². The maximum Gasteiger partial charge on any atom is 0.251 e. The number of benzene rings is 1. The third kappa shape index (κ3) is 4.67. The lowest BCUT2D eigenvalue weighted by molar-refractivity contribution is 0.0948. The van der Waals surface area contributed by atoms with Crippen molar-refractivity contribution >= 4 is 5.91 Å². The number of methoxy groups -OCH3 is 1. The summed E-state index contributed by atoms with van der Waals surface area (Å²) in [5.41, 5.74) is 3.14. The van der Waals surface area contributed by atoms with Crippen molar-refractivity contribution in [2.45, 2.75) is 39.5 Å². The fraction of sp³-hybridized carbons (Fsp3) is 0.562. The van der Waals surface area contributed by atoms with Crippen LogP contribution in [0.4, 0.5) is 0 Å². The third-order valence-electron chi connectivity index (χ3n) is 3.15. The largest absolute Gasteiger partial charge is 0.385 e. The Morgan fingerprint density at radius 3 is 2.53 bits per heavy atom. The Kier molecular flexibility index (Phi) is 5.55. The van der Waals surface area contributed by atoms with Crippen molar-refractivity contribution in [3.8, 4) is 0 Å². The van der Waals surface area contributed by atoms with E-state index < -0.39 is 0 Å². The zero-order valence-electron chi connectivity index (χ0n) is 12.7. The van der Waals surface area contributed by atoms with E-state index in [9.17, 15) is 4.79 Å². The van der Waals surface area contributed by atoms with Crippen LogP contribution >= 0.6 is 0 Å². The molecule has 1 amide bonds. The summed E-state index contributed by atoms with van der Waals surface area (Å²) < 4.78 is 4.95. The molecule has 0 heterocycles. The van der Waals surface area contributed by atoms with Gasteiger partial charge in [0.2, 0.25) is 0 Å². The number of hydrogen-bond acceptors (Lipinski definition) is 2. The third-order valence-corrected chi connectivity index (χ3v) is 3.15. The lowest BCUT2D eigenvalue weighted by Gasteiger charge is -2.20. The maximum atomic E-state index is 12.0. The Labute approximate surface area is 116 Å². The fourth-order valence-corrected chi connectivity index (χ4v) is 1.90. The molecule has 19 heavy (non-hydrogen) atoms. The van der Waals surface area contributed by atoms with Crippen molar-refractivity contribution in [2.75, 3.05) is 20.3 Å². The zero-order valence-corrected chi connectivity index (χ0v) is 12.7. The van der Waals surface area contributed by atoms with Crippen LogP contribution in [0.25, 0.3) is 0 Å². The monoisotopic (exact) mass is 263 g/mol. The number of nitrogens with one attached hydrogen (secondary N) is 1. The summed E-state index contributed by atoms with van der Waals surface area (Å²) in [6.07, 6.45) is 0.835. The first-order valence-electron chi connectivity index (χ1n) is 6.74. The van der Waals surface area contributed by atoms with Gasteiger partial charge in [0.15, 0.2) is 0 Å². The van der Waals surface area contributed by atoms with Gasteiger partial charge in [-0.05, 0) is 36.0 Å². The van der Waals surface area contributed by atoms with Crippen molar-refractivity contribution in [1.29, 1.82) is 0 Å². The molecular weight excluding hydrogens is 238 g/mol. The lowest BCUT2D eigenvalue weighted by Crippen LogP contribution is -2.26. The van der Waals surface area contributed by atoms with Crippen LogP contribution in [0.1, 0.15) is 48.7 Å². The molecule has 1 rings (SSSR count). The topological polar surface area (TPSA) is 38.3 Å². The number of aryl methyl sites for hydroxylation is 1. The predicted molar refractivity (Wildman–Crippen MR) is 78.7 cm³/mol. The first-order chi connectivity index (χ1) is 8.86. The van der Waals surface area contributed by atoms with Gasteiger partial charge in [-0.15, -0.1) is 0 Å². The van der Waals surface area contributed by atoms with E-state index in [1.54, 1.807) is 7.11 Å². The smallest absolute Gasteiger partial charge is 0.251 e. The molecule has 1 aromatic carbocycles. The highest BCUT2D eigenvalue weighted by atomic mass is 16.5. The molecule has 0 atom stereocenters. The van der Waals surface area contributed by atoms with E-state index in [0.717, 1.165) is 17.5 Å². The standard InChI is InChI=1S/C16H25NO2/c1-12-11-13(16(2,3)4)7-8-14(12)15(18)17-9-6-10-19-5/h7-8,11H,6,9-10H2,1-5H3,(H,17,18). The fourth-order valence-electron chi connectivity index (χ4n) is 1.90. The molecule has 1 aromatic rings. The minimum atomic E-state index is -0.00550. The highest BCUT2D eigenvalue weighted by Crippen LogP contribution is 2.24. The van der Waals surface area contributed by atoms with Gasteiger partial charge in [-0.25, -0.2) is 0 Å². The summed E-state index contributed by atoms with van der Waals surface area (Å²) in [4.78, 5) is 12.0. The SMILES string of the molecule is COCCCNC(=O)c1ccc(C(C)(C)C)cc1C. The highest BCUT2D eigenvalue weighted by Gasteiger charge is 2.16. The molecule has 0 unspecified atom stereocenters. The molecular formula is C16H25NO2. The Hall–Kier alpha value is -1.35. The number of ether oxygens (including phenoxy) is 1. The number of rotatable bonds is 5. The van der Waals surface area contributed by atoms with Crippen LogP contribution in [0.2, 0.25) is 0 Å². The second-order valence-corrected chi connectivity index (χ2v) is 5.88. The van der Waals surface area contributed by atoms with Gasteiger partial charge in [-0.3, -0.25) is 4.79 Å². The van der Waals surface area contributed by atoms with Gasteiger partial charge in [-0.1, -0.05) is 32.9 Å². The molecule has 0 radical (unpaired) electrons. The second-order valence-electron chi connectivity index (χ2n) is 5.88. The summed E-state index contributed by atoms with van der Waals surface area (Å²) in [5.74, 6) is -0.00550. The lowest BCUT2D eigenvalue weighted by atomic mass is 9.85. The first kappa shape index (κ1) is 15.7. The van der Waals surface area contributed by atoms with Crippen LogP contribution in [0.3, 0.4) is 0 Å². The van der Waals surface area contributed by atoms with Gasteiger partial charge in [0.05, 0.1) is 0 Å². The van der Waals surface area contributed by atoms with E-state index >= 15 is 0 Å². The Bertz CT molecular complexity index is 433. The van der Waals surface area contributed by atoms with Gasteiger partial charge < -0.3 is 10.1 Å². The van der Waals surface area contributed by atoms with Crippen LogP contribution in [0.15, 0.2) is 18.2 Å². The van der Waals surface area contributed by atoms with Crippen molar-refractivity contribution in [1.82, 2.24) is 5.32 Å². The molecule has 0 aliphatic carbocycles. The number of amides is 1. The predicted octanol–water partition coefficient (Wildman–Crippen LogP) is 3.06. The Morgan fingerprint density at radius 2 is 2.00 bits per heavy atom. The zero-order chi connectivity index (χ0) is 14.5. The molecule has 0 aliphatic rings. The summed E-state index contributed by atoms with van der Waals surface area (Å²) in [5, 5.41) is 2.91. The summed E-state index contributed by atoms with van der Waals surface area (Å²) >= 11 is 0. The summed E-state index contributed by atoms with van der Waals surface area (Å²) in [7, 11) is 1.66. The summed E-state index contributed by atoms with van der Waals surface area (Å²) in [6, 6.07) is 6.06. The molecule has 0 aromatic heterocycles. The summed E-state index contributed by atoms with van der Waals surface area (Å²) in [6.45, 7) is 9.82. The molecule has 0 fully saturated rings. The molecule has 0 bridgehead atoms. The average molecular weight is 263 g/mol. The van der Waals surface area contributed by atoms with E-state index in [2.05, 4.69) is 32.2 Å². The van der Waals surface area contributed by atoms with Gasteiger partial charge in [0, 0.05) is 25.8 Å². The van der Waals surface area contributed by atoms with E-state index in [0.29, 0.717) is 13.2 Å². The first-order valence-corrected chi connectivity index (χ1v) is 6.74. The number of hydrogen-bond donors (Lipinski definition) is 1. The number of carbonyl (C=O) groups excluding carboxylic acids is 1. The van der Waals surface area contributed by atoms with Crippen molar-refractivity contribution in [2.24, 2.45) is 0 Å². The Morgan fingerprint density at radius 1 is 1.32 bits per heavy atom. The van der Waals surface area contributed by atoms with E-state index in [1.807, 2.05) is 19.1 Å². The van der Waals surface area contributed by atoms with Crippen molar-refractivity contribution in [3.63, 3.8) is 0 Å². The number of carbonyl (C=O) groups is 1. The highest BCUT2D eigenvalue weighted by molar-refractivity contribution is 5.95. The van der Waals surface area contributed by atoms with Crippen LogP contribution in [0.5, 0.6) is 0 Å². The quantitative estimate of drug-likeness (QED) is 0.829. The maximum absolute atomic E-state index is 12.0. The Balaban J connectivity index is 2.71. The minimum absolute atomic E-state index is 0.00550. The molecule has 3 heteroatoms. The van der Waals surface area contributed by atoms with Gasteiger partial charge in [-0.2, -0.15) is 0 Å². The van der Waals surface area contributed by atoms with E-state index in [-0.39, 0.29) is 11.3 Å². The normalized spacial score (nSPS) is 11.4. The molecule has 0 saturated carbocycles. The van der Waals surface area contributed by atoms with Crippen molar-refractivity contribution in [3.05, 3.63) is 34.9 Å². The average Bonchev–Trinajstić information content (AvgIpc) is 2.33. The molecule has 1 N–H and O–H groups in total. The second kappa shape index (κ2) is 6.71. The molecule has 0 spiro atoms. The molecule has 106 valence electrons. The molecule has 0 saturated heterocycles. The van der Waals surface area contributed by atoms with Crippen molar-refractivity contribution < 1.29 is 9.53 Å². The van der Waals surface area contributed by atoms with Crippen LogP contribution < -0.4 is 5.32 Å². The van der Waals surface area contributed by atoms with Gasteiger partial charge >= 0.3 is 0 Å². The van der Waals surface area contributed by atoms with Gasteiger partial charge in [0.1, 0.15) is 0 Å².